The van der Waals surface area contributed by atoms with E-state index in [-0.39, 0.29) is 0 Å². The predicted molar refractivity (Wildman–Crippen MR) is 82.0 cm³/mol. The van der Waals surface area contributed by atoms with Crippen LogP contribution in [0.4, 0.5) is 5.82 Å². The molecule has 4 heteroatoms. The Kier molecular flexibility index (Phi) is 6.09. The molecule has 1 aromatic rings. The van der Waals surface area contributed by atoms with Gasteiger partial charge in [-0.3, -0.25) is 0 Å². The van der Waals surface area contributed by atoms with Crippen molar-refractivity contribution < 1.29 is 0 Å². The molecule has 0 spiro atoms. The molecule has 102 valence electrons. The smallest absolute Gasteiger partial charge is 0.133 e. The molecule has 0 amide bonds. The summed E-state index contributed by atoms with van der Waals surface area (Å²) >= 11 is 3.49. The second-order valence-corrected chi connectivity index (χ2v) is 6.22. The Labute approximate surface area is 119 Å². The van der Waals surface area contributed by atoms with Gasteiger partial charge in [-0.05, 0) is 48.8 Å². The quantitative estimate of drug-likeness (QED) is 0.872. The summed E-state index contributed by atoms with van der Waals surface area (Å²) in [5.41, 5.74) is 1.24. The van der Waals surface area contributed by atoms with Gasteiger partial charge in [-0.1, -0.05) is 13.8 Å². The summed E-state index contributed by atoms with van der Waals surface area (Å²) in [5.74, 6) is 1.72. The van der Waals surface area contributed by atoms with Crippen molar-refractivity contribution in [1.82, 2.24) is 10.3 Å². The minimum absolute atomic E-state index is 0.455. The number of hydrogen-bond acceptors (Lipinski definition) is 3. The molecule has 0 bridgehead atoms. The van der Waals surface area contributed by atoms with Crippen molar-refractivity contribution in [1.29, 1.82) is 0 Å². The first-order chi connectivity index (χ1) is 8.45. The van der Waals surface area contributed by atoms with Crippen LogP contribution in [-0.4, -0.2) is 24.6 Å². The highest BCUT2D eigenvalue weighted by Crippen LogP contribution is 2.24. The maximum Gasteiger partial charge on any atom is 0.133 e. The number of halogens is 1. The third-order valence-electron chi connectivity index (χ3n) is 2.73. The van der Waals surface area contributed by atoms with Gasteiger partial charge in [0.1, 0.15) is 5.82 Å². The normalized spacial score (nSPS) is 11.3. The van der Waals surface area contributed by atoms with Gasteiger partial charge < -0.3 is 10.2 Å². The first-order valence-corrected chi connectivity index (χ1v) is 7.30. The molecule has 0 aliphatic heterocycles. The van der Waals surface area contributed by atoms with Gasteiger partial charge >= 0.3 is 0 Å². The van der Waals surface area contributed by atoms with Crippen molar-refractivity contribution in [3.05, 3.63) is 22.3 Å². The zero-order valence-corrected chi connectivity index (χ0v) is 13.6. The summed E-state index contributed by atoms with van der Waals surface area (Å²) < 4.78 is 1.03. The van der Waals surface area contributed by atoms with E-state index in [0.29, 0.717) is 12.0 Å². The average molecular weight is 314 g/mol. The second-order valence-electron chi connectivity index (χ2n) is 5.31. The predicted octanol–water partition coefficient (Wildman–Crippen LogP) is 3.43. The monoisotopic (exact) mass is 313 g/mol. The third-order valence-corrected chi connectivity index (χ3v) is 3.17. The Morgan fingerprint density at radius 1 is 1.33 bits per heavy atom. The first-order valence-electron chi connectivity index (χ1n) is 6.51. The molecule has 3 nitrogen and oxygen atoms in total. The SMILES string of the molecule is CNCc1cc(Br)cnc1N(CC(C)C)C(C)C. The molecule has 1 rings (SSSR count). The maximum atomic E-state index is 4.61. The fourth-order valence-electron chi connectivity index (χ4n) is 1.99. The molecule has 18 heavy (non-hydrogen) atoms. The van der Waals surface area contributed by atoms with E-state index in [1.54, 1.807) is 0 Å². The minimum Gasteiger partial charge on any atom is -0.354 e. The molecule has 1 heterocycles. The molecule has 1 aromatic heterocycles. The molecule has 0 aromatic carbocycles. The van der Waals surface area contributed by atoms with Gasteiger partial charge in [-0.25, -0.2) is 4.98 Å². The lowest BCUT2D eigenvalue weighted by Crippen LogP contribution is -2.36. The van der Waals surface area contributed by atoms with Crippen LogP contribution < -0.4 is 10.2 Å². The number of rotatable bonds is 6. The Morgan fingerprint density at radius 2 is 2.00 bits per heavy atom. The van der Waals surface area contributed by atoms with Crippen LogP contribution in [0.15, 0.2) is 16.7 Å². The van der Waals surface area contributed by atoms with E-state index in [2.05, 4.69) is 64.9 Å². The van der Waals surface area contributed by atoms with E-state index in [1.165, 1.54) is 5.56 Å². The van der Waals surface area contributed by atoms with Crippen molar-refractivity contribution in [2.45, 2.75) is 40.3 Å². The van der Waals surface area contributed by atoms with Crippen LogP contribution in [0.2, 0.25) is 0 Å². The van der Waals surface area contributed by atoms with Crippen molar-refractivity contribution in [3.8, 4) is 0 Å². The van der Waals surface area contributed by atoms with Crippen molar-refractivity contribution >= 4 is 21.7 Å². The maximum absolute atomic E-state index is 4.61. The van der Waals surface area contributed by atoms with E-state index in [9.17, 15) is 0 Å². The molecule has 1 N–H and O–H groups in total. The van der Waals surface area contributed by atoms with Crippen molar-refractivity contribution in [2.24, 2.45) is 5.92 Å². The van der Waals surface area contributed by atoms with Crippen LogP contribution in [0, 0.1) is 5.92 Å². The molecule has 0 saturated carbocycles. The molecule has 0 unspecified atom stereocenters. The summed E-state index contributed by atoms with van der Waals surface area (Å²) in [6.45, 7) is 10.8. The Morgan fingerprint density at radius 3 is 2.50 bits per heavy atom. The Hall–Kier alpha value is -0.610. The van der Waals surface area contributed by atoms with Gasteiger partial charge in [0, 0.05) is 35.4 Å². The third kappa shape index (κ3) is 4.25. The standard InChI is InChI=1S/C14H24BrN3/c1-10(2)9-18(11(3)4)14-12(7-16-5)6-13(15)8-17-14/h6,8,10-11,16H,7,9H2,1-5H3. The average Bonchev–Trinajstić information content (AvgIpc) is 2.26. The molecule has 0 atom stereocenters. The highest BCUT2D eigenvalue weighted by molar-refractivity contribution is 9.10. The van der Waals surface area contributed by atoms with Crippen LogP contribution >= 0.6 is 15.9 Å². The molecular formula is C14H24BrN3. The zero-order chi connectivity index (χ0) is 13.7. The van der Waals surface area contributed by atoms with E-state index in [0.717, 1.165) is 23.4 Å². The van der Waals surface area contributed by atoms with E-state index >= 15 is 0 Å². The van der Waals surface area contributed by atoms with Gasteiger partial charge in [0.2, 0.25) is 0 Å². The van der Waals surface area contributed by atoms with Gasteiger partial charge in [0.25, 0.3) is 0 Å². The van der Waals surface area contributed by atoms with Crippen LogP contribution in [0.5, 0.6) is 0 Å². The van der Waals surface area contributed by atoms with Crippen LogP contribution in [0.3, 0.4) is 0 Å². The Balaban J connectivity index is 3.09. The molecular weight excluding hydrogens is 290 g/mol. The van der Waals surface area contributed by atoms with Crippen LogP contribution in [0.25, 0.3) is 0 Å². The summed E-state index contributed by atoms with van der Waals surface area (Å²) in [5, 5.41) is 3.21. The summed E-state index contributed by atoms with van der Waals surface area (Å²) in [6, 6.07) is 2.60. The molecule has 0 fully saturated rings. The van der Waals surface area contributed by atoms with Crippen LogP contribution in [-0.2, 0) is 6.54 Å². The van der Waals surface area contributed by atoms with Gasteiger partial charge in [-0.2, -0.15) is 0 Å². The zero-order valence-electron chi connectivity index (χ0n) is 12.0. The number of pyridine rings is 1. The summed E-state index contributed by atoms with van der Waals surface area (Å²) in [7, 11) is 1.97. The van der Waals surface area contributed by atoms with E-state index < -0.39 is 0 Å². The molecule has 0 radical (unpaired) electrons. The number of anilines is 1. The second kappa shape index (κ2) is 7.10. The van der Waals surface area contributed by atoms with Crippen LogP contribution in [0.1, 0.15) is 33.3 Å². The Bertz CT molecular complexity index is 377. The summed E-state index contributed by atoms with van der Waals surface area (Å²) in [6.07, 6.45) is 1.88. The summed E-state index contributed by atoms with van der Waals surface area (Å²) in [4.78, 5) is 6.99. The topological polar surface area (TPSA) is 28.2 Å². The largest absolute Gasteiger partial charge is 0.354 e. The number of nitrogens with zero attached hydrogens (tertiary/aromatic N) is 2. The van der Waals surface area contributed by atoms with Crippen molar-refractivity contribution in [2.75, 3.05) is 18.5 Å². The number of hydrogen-bond donors (Lipinski definition) is 1. The van der Waals surface area contributed by atoms with E-state index in [4.69, 9.17) is 0 Å². The lowest BCUT2D eigenvalue weighted by molar-refractivity contribution is 0.563. The lowest BCUT2D eigenvalue weighted by Gasteiger charge is -2.31. The highest BCUT2D eigenvalue weighted by atomic mass is 79.9. The van der Waals surface area contributed by atoms with Gasteiger partial charge in [0.05, 0.1) is 0 Å². The first kappa shape index (κ1) is 15.4. The number of aromatic nitrogens is 1. The van der Waals surface area contributed by atoms with Crippen molar-refractivity contribution in [3.63, 3.8) is 0 Å². The molecule has 0 aliphatic carbocycles. The number of nitrogens with one attached hydrogen (secondary N) is 1. The van der Waals surface area contributed by atoms with Gasteiger partial charge in [0.15, 0.2) is 0 Å². The minimum atomic E-state index is 0.455. The fourth-order valence-corrected chi connectivity index (χ4v) is 2.37. The van der Waals surface area contributed by atoms with Gasteiger partial charge in [-0.15, -0.1) is 0 Å². The lowest BCUT2D eigenvalue weighted by atomic mass is 10.1. The molecule has 0 saturated heterocycles. The highest BCUT2D eigenvalue weighted by Gasteiger charge is 2.17. The molecule has 0 aliphatic rings. The van der Waals surface area contributed by atoms with E-state index in [1.807, 2.05) is 13.2 Å². The fraction of sp³-hybridized carbons (Fsp3) is 0.643.